The Kier molecular flexibility index (Phi) is 3.09. The minimum absolute atomic E-state index is 0.0558. The van der Waals surface area contributed by atoms with Crippen LogP contribution in [0, 0.1) is 13.8 Å². The molecule has 0 N–H and O–H groups in total. The van der Waals surface area contributed by atoms with Gasteiger partial charge in [-0.3, -0.25) is 9.48 Å². The number of hydrogen-bond acceptors (Lipinski definition) is 2. The second kappa shape index (κ2) is 4.53. The van der Waals surface area contributed by atoms with Gasteiger partial charge in [-0.1, -0.05) is 18.2 Å². The molecule has 2 rings (SSSR count). The lowest BCUT2D eigenvalue weighted by molar-refractivity contribution is 0.103. The van der Waals surface area contributed by atoms with Crippen LogP contribution in [0.25, 0.3) is 0 Å². The van der Waals surface area contributed by atoms with Gasteiger partial charge in [0.15, 0.2) is 5.78 Å². The summed E-state index contributed by atoms with van der Waals surface area (Å²) in [6, 6.07) is 5.89. The molecule has 0 saturated carbocycles. The Hall–Kier alpha value is -1.90. The van der Waals surface area contributed by atoms with E-state index in [1.54, 1.807) is 17.1 Å². The quantitative estimate of drug-likeness (QED) is 0.757. The van der Waals surface area contributed by atoms with Crippen molar-refractivity contribution >= 4 is 5.78 Å². The van der Waals surface area contributed by atoms with Gasteiger partial charge in [-0.05, 0) is 31.9 Å². The molecule has 0 spiro atoms. The lowest BCUT2D eigenvalue weighted by atomic mass is 9.96. The molecule has 2 aromatic rings. The average Bonchev–Trinajstić information content (AvgIpc) is 2.77. The monoisotopic (exact) mass is 228 g/mol. The number of carbonyl (C=O) groups excluding carboxylic acids is 1. The summed E-state index contributed by atoms with van der Waals surface area (Å²) in [4.78, 5) is 12.4. The van der Waals surface area contributed by atoms with E-state index in [0.29, 0.717) is 5.56 Å². The zero-order chi connectivity index (χ0) is 12.4. The fourth-order valence-electron chi connectivity index (χ4n) is 1.97. The molecule has 88 valence electrons. The van der Waals surface area contributed by atoms with Gasteiger partial charge in [0, 0.05) is 18.3 Å². The lowest BCUT2D eigenvalue weighted by Crippen LogP contribution is -2.05. The van der Waals surface area contributed by atoms with Crippen LogP contribution in [0.15, 0.2) is 30.6 Å². The van der Waals surface area contributed by atoms with E-state index < -0.39 is 0 Å². The van der Waals surface area contributed by atoms with E-state index in [1.807, 2.05) is 39.0 Å². The Morgan fingerprint density at radius 3 is 2.47 bits per heavy atom. The highest BCUT2D eigenvalue weighted by Crippen LogP contribution is 2.17. The molecule has 1 aromatic carbocycles. The maximum absolute atomic E-state index is 12.4. The Bertz CT molecular complexity index is 535. The number of benzene rings is 1. The molecule has 0 saturated heterocycles. The first-order valence-corrected chi connectivity index (χ1v) is 5.77. The van der Waals surface area contributed by atoms with Crippen LogP contribution in [0.5, 0.6) is 0 Å². The molecule has 3 nitrogen and oxygen atoms in total. The van der Waals surface area contributed by atoms with Crippen LogP contribution >= 0.6 is 0 Å². The molecule has 17 heavy (non-hydrogen) atoms. The Balaban J connectivity index is 2.43. The normalized spacial score (nSPS) is 10.5. The predicted octanol–water partition coefficient (Wildman–Crippen LogP) is 2.75. The highest BCUT2D eigenvalue weighted by molar-refractivity contribution is 6.10. The third-order valence-electron chi connectivity index (χ3n) is 2.93. The van der Waals surface area contributed by atoms with Crippen LogP contribution in [0.4, 0.5) is 0 Å². The molecule has 3 heteroatoms. The first-order chi connectivity index (χ1) is 8.13. The summed E-state index contributed by atoms with van der Waals surface area (Å²) < 4.78 is 1.76. The fraction of sp³-hybridized carbons (Fsp3) is 0.286. The van der Waals surface area contributed by atoms with Crippen molar-refractivity contribution < 1.29 is 4.79 Å². The maximum atomic E-state index is 12.4. The maximum Gasteiger partial charge on any atom is 0.196 e. The smallest absolute Gasteiger partial charge is 0.196 e. The number of nitrogens with zero attached hydrogens (tertiary/aromatic N) is 2. The minimum atomic E-state index is 0.0558. The second-order valence-electron chi connectivity index (χ2n) is 4.18. The van der Waals surface area contributed by atoms with Crippen LogP contribution in [-0.4, -0.2) is 15.6 Å². The van der Waals surface area contributed by atoms with E-state index in [4.69, 9.17) is 0 Å². The highest BCUT2D eigenvalue weighted by Gasteiger charge is 2.15. The topological polar surface area (TPSA) is 34.9 Å². The van der Waals surface area contributed by atoms with Gasteiger partial charge in [-0.15, -0.1) is 0 Å². The SMILES string of the molecule is CCn1cc(C(=O)c2c(C)cccc2C)cn1. The zero-order valence-electron chi connectivity index (χ0n) is 10.4. The molecule has 0 aliphatic rings. The van der Waals surface area contributed by atoms with Crippen LogP contribution in [0.1, 0.15) is 34.0 Å². The summed E-state index contributed by atoms with van der Waals surface area (Å²) in [5.74, 6) is 0.0558. The molecule has 1 heterocycles. The number of ketones is 1. The van der Waals surface area contributed by atoms with Crippen LogP contribution in [-0.2, 0) is 6.54 Å². The van der Waals surface area contributed by atoms with Crippen molar-refractivity contribution in [2.75, 3.05) is 0 Å². The molecule has 0 aliphatic carbocycles. The standard InChI is InChI=1S/C14H16N2O/c1-4-16-9-12(8-15-16)14(17)13-10(2)6-5-7-11(13)3/h5-9H,4H2,1-3H3. The van der Waals surface area contributed by atoms with Crippen LogP contribution < -0.4 is 0 Å². The first-order valence-electron chi connectivity index (χ1n) is 5.77. The van der Waals surface area contributed by atoms with Gasteiger partial charge in [-0.2, -0.15) is 5.10 Å². The third kappa shape index (κ3) is 2.13. The Labute approximate surface area is 101 Å². The van der Waals surface area contributed by atoms with Gasteiger partial charge in [0.05, 0.1) is 11.8 Å². The lowest BCUT2D eigenvalue weighted by Gasteiger charge is -2.06. The molecule has 0 atom stereocenters. The molecule has 0 radical (unpaired) electrons. The highest BCUT2D eigenvalue weighted by atomic mass is 16.1. The van der Waals surface area contributed by atoms with E-state index in [-0.39, 0.29) is 5.78 Å². The van der Waals surface area contributed by atoms with E-state index in [9.17, 15) is 4.79 Å². The summed E-state index contributed by atoms with van der Waals surface area (Å²) in [7, 11) is 0. The number of hydrogen-bond donors (Lipinski definition) is 0. The average molecular weight is 228 g/mol. The summed E-state index contributed by atoms with van der Waals surface area (Å²) in [6.45, 7) is 6.70. The van der Waals surface area contributed by atoms with Gasteiger partial charge in [0.25, 0.3) is 0 Å². The van der Waals surface area contributed by atoms with Crippen molar-refractivity contribution in [3.63, 3.8) is 0 Å². The van der Waals surface area contributed by atoms with Gasteiger partial charge in [-0.25, -0.2) is 0 Å². The predicted molar refractivity (Wildman–Crippen MR) is 67.2 cm³/mol. The van der Waals surface area contributed by atoms with Crippen LogP contribution in [0.3, 0.4) is 0 Å². The van der Waals surface area contributed by atoms with E-state index in [1.165, 1.54) is 0 Å². The molecular weight excluding hydrogens is 212 g/mol. The number of aromatic nitrogens is 2. The molecule has 0 unspecified atom stereocenters. The molecule has 0 aliphatic heterocycles. The van der Waals surface area contributed by atoms with Gasteiger partial charge in [0.2, 0.25) is 0 Å². The molecule has 0 bridgehead atoms. The van der Waals surface area contributed by atoms with Gasteiger partial charge >= 0.3 is 0 Å². The summed E-state index contributed by atoms with van der Waals surface area (Å²) in [5, 5.41) is 4.14. The number of carbonyl (C=O) groups is 1. The van der Waals surface area contributed by atoms with Crippen molar-refractivity contribution in [2.24, 2.45) is 0 Å². The molecule has 0 fully saturated rings. The summed E-state index contributed by atoms with van der Waals surface area (Å²) >= 11 is 0. The fourth-order valence-corrected chi connectivity index (χ4v) is 1.97. The van der Waals surface area contributed by atoms with Crippen molar-refractivity contribution in [3.8, 4) is 0 Å². The summed E-state index contributed by atoms with van der Waals surface area (Å²) in [5.41, 5.74) is 3.48. The second-order valence-corrected chi connectivity index (χ2v) is 4.18. The molecular formula is C14H16N2O. The van der Waals surface area contributed by atoms with E-state index in [2.05, 4.69) is 5.10 Å². The van der Waals surface area contributed by atoms with Crippen LogP contribution in [0.2, 0.25) is 0 Å². The zero-order valence-corrected chi connectivity index (χ0v) is 10.4. The Morgan fingerprint density at radius 1 is 1.29 bits per heavy atom. The number of rotatable bonds is 3. The van der Waals surface area contributed by atoms with E-state index in [0.717, 1.165) is 23.2 Å². The van der Waals surface area contributed by atoms with Gasteiger partial charge in [0.1, 0.15) is 0 Å². The number of aryl methyl sites for hydroxylation is 3. The Morgan fingerprint density at radius 2 is 1.94 bits per heavy atom. The summed E-state index contributed by atoms with van der Waals surface area (Å²) in [6.07, 6.45) is 3.44. The van der Waals surface area contributed by atoms with Crippen molar-refractivity contribution in [2.45, 2.75) is 27.3 Å². The molecule has 0 amide bonds. The minimum Gasteiger partial charge on any atom is -0.288 e. The van der Waals surface area contributed by atoms with E-state index >= 15 is 0 Å². The van der Waals surface area contributed by atoms with Crippen molar-refractivity contribution in [1.29, 1.82) is 0 Å². The largest absolute Gasteiger partial charge is 0.288 e. The first kappa shape index (κ1) is 11.6. The van der Waals surface area contributed by atoms with Crippen molar-refractivity contribution in [3.05, 3.63) is 52.8 Å². The van der Waals surface area contributed by atoms with Gasteiger partial charge < -0.3 is 0 Å². The van der Waals surface area contributed by atoms with Crippen molar-refractivity contribution in [1.82, 2.24) is 9.78 Å². The molecule has 1 aromatic heterocycles. The third-order valence-corrected chi connectivity index (χ3v) is 2.93.